The van der Waals surface area contributed by atoms with E-state index in [1.165, 1.54) is 0 Å². The van der Waals surface area contributed by atoms with Crippen LogP contribution in [0.2, 0.25) is 0 Å². The van der Waals surface area contributed by atoms with Crippen molar-refractivity contribution in [2.24, 2.45) is 11.7 Å². The lowest BCUT2D eigenvalue weighted by Gasteiger charge is -2.27. The van der Waals surface area contributed by atoms with Gasteiger partial charge in [-0.1, -0.05) is 44.2 Å². The van der Waals surface area contributed by atoms with Crippen LogP contribution in [0.5, 0.6) is 28.7 Å². The Morgan fingerprint density at radius 1 is 1.00 bits per heavy atom. The first kappa shape index (κ1) is 27.4. The maximum absolute atomic E-state index is 12.4. The molecule has 202 valence electrons. The van der Waals surface area contributed by atoms with Gasteiger partial charge in [-0.3, -0.25) is 0 Å². The highest BCUT2D eigenvalue weighted by molar-refractivity contribution is 5.74. The number of rotatable bonds is 11. The molecule has 8 heteroatoms. The fraction of sp³-hybridized carbons (Fsp3) is 0.290. The van der Waals surface area contributed by atoms with Gasteiger partial charge in [0.25, 0.3) is 0 Å². The standard InChI is InChI=1S/C31H32N2O6/c1-4-35-28-16-21(10-13-26(28)36-15-14-20(2)3)30-24-12-11-23(17-27(24)39-31(33)25(30)18-32)38-29(34)19-37-22-8-6-5-7-9-22/h5-13,16-17,20,30H,4,14-15,19,33H2,1-3H3. The molecular weight excluding hydrogens is 496 g/mol. The quantitative estimate of drug-likeness (QED) is 0.249. The lowest BCUT2D eigenvalue weighted by atomic mass is 9.83. The molecule has 0 radical (unpaired) electrons. The molecule has 0 amide bonds. The van der Waals surface area contributed by atoms with E-state index in [4.69, 9.17) is 29.4 Å². The lowest BCUT2D eigenvalue weighted by Crippen LogP contribution is -2.22. The van der Waals surface area contributed by atoms with Gasteiger partial charge in [-0.2, -0.15) is 5.26 Å². The predicted molar refractivity (Wildman–Crippen MR) is 146 cm³/mol. The number of hydrogen-bond donors (Lipinski definition) is 1. The number of nitrogens with two attached hydrogens (primary N) is 1. The van der Waals surface area contributed by atoms with E-state index in [0.29, 0.717) is 47.7 Å². The molecule has 0 saturated carbocycles. The fourth-order valence-corrected chi connectivity index (χ4v) is 4.16. The van der Waals surface area contributed by atoms with E-state index in [9.17, 15) is 10.1 Å². The molecule has 1 unspecified atom stereocenters. The topological polar surface area (TPSA) is 113 Å². The minimum Gasteiger partial charge on any atom is -0.490 e. The Hall–Kier alpha value is -4.64. The zero-order chi connectivity index (χ0) is 27.8. The average molecular weight is 529 g/mol. The third-order valence-corrected chi connectivity index (χ3v) is 6.08. The summed E-state index contributed by atoms with van der Waals surface area (Å²) in [4.78, 5) is 12.4. The largest absolute Gasteiger partial charge is 0.490 e. The molecule has 39 heavy (non-hydrogen) atoms. The van der Waals surface area contributed by atoms with E-state index in [2.05, 4.69) is 19.9 Å². The van der Waals surface area contributed by atoms with Crippen molar-refractivity contribution in [1.82, 2.24) is 0 Å². The van der Waals surface area contributed by atoms with E-state index in [0.717, 1.165) is 12.0 Å². The molecular formula is C31H32N2O6. The van der Waals surface area contributed by atoms with Crippen LogP contribution < -0.4 is 29.4 Å². The molecule has 0 aliphatic carbocycles. The summed E-state index contributed by atoms with van der Waals surface area (Å²) in [7, 11) is 0. The summed E-state index contributed by atoms with van der Waals surface area (Å²) in [5, 5.41) is 9.93. The molecule has 3 aromatic carbocycles. The monoisotopic (exact) mass is 528 g/mol. The average Bonchev–Trinajstić information content (AvgIpc) is 2.92. The van der Waals surface area contributed by atoms with Crippen LogP contribution >= 0.6 is 0 Å². The smallest absolute Gasteiger partial charge is 0.349 e. The Morgan fingerprint density at radius 3 is 2.51 bits per heavy atom. The van der Waals surface area contributed by atoms with Crippen LogP contribution in [-0.2, 0) is 4.79 Å². The van der Waals surface area contributed by atoms with Crippen LogP contribution in [0.3, 0.4) is 0 Å². The molecule has 0 aromatic heterocycles. The number of carbonyl (C=O) groups excluding carboxylic acids is 1. The summed E-state index contributed by atoms with van der Waals surface area (Å²) in [6.45, 7) is 6.97. The SMILES string of the molecule is CCOc1cc(C2C(C#N)=C(N)Oc3cc(OC(=O)COc4ccccc4)ccc32)ccc1OCCC(C)C. The molecule has 1 aliphatic rings. The molecule has 8 nitrogen and oxygen atoms in total. The van der Waals surface area contributed by atoms with E-state index in [-0.39, 0.29) is 23.8 Å². The number of para-hydroxylation sites is 1. The highest BCUT2D eigenvalue weighted by atomic mass is 16.6. The Labute approximate surface area is 228 Å². The number of hydrogen-bond acceptors (Lipinski definition) is 8. The van der Waals surface area contributed by atoms with Gasteiger partial charge in [-0.25, -0.2) is 4.79 Å². The van der Waals surface area contributed by atoms with Crippen molar-refractivity contribution in [3.63, 3.8) is 0 Å². The third-order valence-electron chi connectivity index (χ3n) is 6.08. The lowest BCUT2D eigenvalue weighted by molar-refractivity contribution is -0.136. The molecule has 1 atom stereocenters. The van der Waals surface area contributed by atoms with Crippen molar-refractivity contribution in [1.29, 1.82) is 5.26 Å². The first-order chi connectivity index (χ1) is 18.9. The molecule has 0 spiro atoms. The van der Waals surface area contributed by atoms with Gasteiger partial charge in [0.05, 0.1) is 19.1 Å². The second-order valence-corrected chi connectivity index (χ2v) is 9.37. The van der Waals surface area contributed by atoms with E-state index >= 15 is 0 Å². The minimum atomic E-state index is -0.568. The number of carbonyl (C=O) groups is 1. The normalized spacial score (nSPS) is 14.2. The zero-order valence-corrected chi connectivity index (χ0v) is 22.3. The Balaban J connectivity index is 1.57. The van der Waals surface area contributed by atoms with Gasteiger partial charge in [0.15, 0.2) is 18.1 Å². The van der Waals surface area contributed by atoms with Gasteiger partial charge in [-0.05, 0) is 55.2 Å². The molecule has 4 rings (SSSR count). The van der Waals surface area contributed by atoms with Crippen molar-refractivity contribution in [3.8, 4) is 34.8 Å². The molecule has 1 heterocycles. The molecule has 1 aliphatic heterocycles. The Kier molecular flexibility index (Phi) is 8.95. The van der Waals surface area contributed by atoms with Crippen LogP contribution in [0.4, 0.5) is 0 Å². The maximum Gasteiger partial charge on any atom is 0.349 e. The van der Waals surface area contributed by atoms with Gasteiger partial charge < -0.3 is 29.4 Å². The first-order valence-corrected chi connectivity index (χ1v) is 12.9. The van der Waals surface area contributed by atoms with Crippen molar-refractivity contribution in [2.75, 3.05) is 19.8 Å². The van der Waals surface area contributed by atoms with E-state index < -0.39 is 11.9 Å². The van der Waals surface area contributed by atoms with Crippen LogP contribution in [0.25, 0.3) is 0 Å². The van der Waals surface area contributed by atoms with Gasteiger partial charge in [0.2, 0.25) is 5.88 Å². The summed E-state index contributed by atoms with van der Waals surface area (Å²) < 4.78 is 28.5. The number of nitriles is 1. The van der Waals surface area contributed by atoms with Crippen molar-refractivity contribution in [2.45, 2.75) is 33.1 Å². The predicted octanol–water partition coefficient (Wildman–Crippen LogP) is 5.71. The van der Waals surface area contributed by atoms with Crippen molar-refractivity contribution < 1.29 is 28.5 Å². The van der Waals surface area contributed by atoms with Gasteiger partial charge >= 0.3 is 5.97 Å². The first-order valence-electron chi connectivity index (χ1n) is 12.9. The molecule has 0 fully saturated rings. The summed E-state index contributed by atoms with van der Waals surface area (Å²) in [6, 6.07) is 21.8. The molecule has 0 bridgehead atoms. The number of allylic oxidation sites excluding steroid dienone is 1. The second kappa shape index (κ2) is 12.7. The highest BCUT2D eigenvalue weighted by Gasteiger charge is 2.32. The summed E-state index contributed by atoms with van der Waals surface area (Å²) in [5.74, 6) is 1.89. The number of nitrogens with zero attached hydrogens (tertiary/aromatic N) is 1. The van der Waals surface area contributed by atoms with Gasteiger partial charge in [-0.15, -0.1) is 0 Å². The molecule has 0 saturated heterocycles. The number of ether oxygens (including phenoxy) is 5. The fourth-order valence-electron chi connectivity index (χ4n) is 4.16. The number of benzene rings is 3. The van der Waals surface area contributed by atoms with Crippen molar-refractivity contribution >= 4 is 5.97 Å². The van der Waals surface area contributed by atoms with Gasteiger partial charge in [0.1, 0.15) is 28.9 Å². The zero-order valence-electron chi connectivity index (χ0n) is 22.3. The van der Waals surface area contributed by atoms with Crippen LogP contribution in [0.15, 0.2) is 78.2 Å². The number of fused-ring (bicyclic) bond motifs is 1. The highest BCUT2D eigenvalue weighted by Crippen LogP contribution is 2.45. The summed E-state index contributed by atoms with van der Waals surface area (Å²) >= 11 is 0. The number of esters is 1. The van der Waals surface area contributed by atoms with Crippen molar-refractivity contribution in [3.05, 3.63) is 89.3 Å². The van der Waals surface area contributed by atoms with Gasteiger partial charge in [0, 0.05) is 11.6 Å². The molecule has 3 aromatic rings. The maximum atomic E-state index is 12.4. The molecule has 2 N–H and O–H groups in total. The third kappa shape index (κ3) is 6.82. The Bertz CT molecular complexity index is 1380. The van der Waals surface area contributed by atoms with Crippen LogP contribution in [-0.4, -0.2) is 25.8 Å². The van der Waals surface area contributed by atoms with Crippen LogP contribution in [0.1, 0.15) is 44.2 Å². The Morgan fingerprint density at radius 2 is 1.79 bits per heavy atom. The second-order valence-electron chi connectivity index (χ2n) is 9.37. The van der Waals surface area contributed by atoms with E-state index in [1.54, 1.807) is 30.3 Å². The summed E-state index contributed by atoms with van der Waals surface area (Å²) in [5.41, 5.74) is 7.94. The summed E-state index contributed by atoms with van der Waals surface area (Å²) in [6.07, 6.45) is 0.920. The minimum absolute atomic E-state index is 0.0129. The van der Waals surface area contributed by atoms with Crippen LogP contribution in [0, 0.1) is 17.2 Å². The van der Waals surface area contributed by atoms with E-state index in [1.807, 2.05) is 43.3 Å².